The van der Waals surface area contributed by atoms with Gasteiger partial charge in [0.25, 0.3) is 0 Å². The van der Waals surface area contributed by atoms with Crippen molar-refractivity contribution in [2.75, 3.05) is 0 Å². The number of aldehydes is 1. The summed E-state index contributed by atoms with van der Waals surface area (Å²) < 4.78 is 0. The number of hydrogen-bond donors (Lipinski definition) is 1. The second-order valence-electron chi connectivity index (χ2n) is 2.88. The van der Waals surface area contributed by atoms with Crippen LogP contribution in [0, 0.1) is 0 Å². The van der Waals surface area contributed by atoms with E-state index in [0.29, 0.717) is 6.42 Å². The first kappa shape index (κ1) is 8.07. The van der Waals surface area contributed by atoms with Gasteiger partial charge in [0, 0.05) is 6.21 Å². The van der Waals surface area contributed by atoms with Crippen LogP contribution < -0.4 is 5.73 Å². The molecule has 0 radical (unpaired) electrons. The van der Waals surface area contributed by atoms with E-state index >= 15 is 0 Å². The van der Waals surface area contributed by atoms with Gasteiger partial charge in [-0.2, -0.15) is 0 Å². The molecule has 0 aromatic carbocycles. The van der Waals surface area contributed by atoms with Crippen LogP contribution >= 0.6 is 0 Å². The van der Waals surface area contributed by atoms with Crippen LogP contribution in [0.1, 0.15) is 13.3 Å². The number of rotatable bonds is 3. The zero-order valence-corrected chi connectivity index (χ0v) is 6.40. The van der Waals surface area contributed by atoms with Gasteiger partial charge in [-0.25, -0.2) is 4.99 Å². The zero-order valence-electron chi connectivity index (χ0n) is 6.40. The van der Waals surface area contributed by atoms with Gasteiger partial charge in [-0.05, 0) is 13.3 Å². The van der Waals surface area contributed by atoms with Gasteiger partial charge >= 0.3 is 0 Å². The Hall–Kier alpha value is -1.03. The van der Waals surface area contributed by atoms with E-state index in [-0.39, 0.29) is 5.54 Å². The highest BCUT2D eigenvalue weighted by molar-refractivity contribution is 5.86. The summed E-state index contributed by atoms with van der Waals surface area (Å²) in [7, 11) is 0. The molecule has 0 saturated carbocycles. The molecule has 0 aliphatic carbocycles. The molecule has 11 heavy (non-hydrogen) atoms. The molecule has 60 valence electrons. The summed E-state index contributed by atoms with van der Waals surface area (Å²) in [5, 5.41) is 0. The van der Waals surface area contributed by atoms with Crippen LogP contribution in [0.15, 0.2) is 9.98 Å². The Kier molecular flexibility index (Phi) is 2.14. The van der Waals surface area contributed by atoms with Crippen LogP contribution in [0.25, 0.3) is 0 Å². The van der Waals surface area contributed by atoms with E-state index in [2.05, 4.69) is 9.98 Å². The molecule has 0 fully saturated rings. The van der Waals surface area contributed by atoms with E-state index in [9.17, 15) is 4.79 Å². The summed E-state index contributed by atoms with van der Waals surface area (Å²) in [5.74, 6) is 0. The predicted molar refractivity (Wildman–Crippen MR) is 44.0 cm³/mol. The number of aliphatic imine (C=N–C) groups is 2. The monoisotopic (exact) mass is 153 g/mol. The number of carbonyl (C=O) groups excluding carboxylic acids is 1. The zero-order chi connectivity index (χ0) is 8.32. The van der Waals surface area contributed by atoms with Gasteiger partial charge in [0.05, 0.1) is 11.6 Å². The quantitative estimate of drug-likeness (QED) is 0.569. The molecular weight excluding hydrogens is 142 g/mol. The molecule has 2 atom stereocenters. The average molecular weight is 153 g/mol. The van der Waals surface area contributed by atoms with Gasteiger partial charge in [0.2, 0.25) is 0 Å². The summed E-state index contributed by atoms with van der Waals surface area (Å²) >= 11 is 0. The van der Waals surface area contributed by atoms with E-state index < -0.39 is 6.04 Å². The molecule has 4 heteroatoms. The fourth-order valence-electron chi connectivity index (χ4n) is 1.02. The van der Waals surface area contributed by atoms with Gasteiger partial charge in [-0.3, -0.25) is 4.99 Å². The Morgan fingerprint density at radius 3 is 3.00 bits per heavy atom. The first-order chi connectivity index (χ1) is 5.16. The lowest BCUT2D eigenvalue weighted by Gasteiger charge is -2.17. The van der Waals surface area contributed by atoms with Crippen molar-refractivity contribution < 1.29 is 4.79 Å². The molecule has 2 N–H and O–H groups in total. The summed E-state index contributed by atoms with van der Waals surface area (Å²) in [4.78, 5) is 18.1. The molecule has 0 spiro atoms. The topological polar surface area (TPSA) is 67.8 Å². The minimum atomic E-state index is -0.443. The van der Waals surface area contributed by atoms with Crippen molar-refractivity contribution in [3.05, 3.63) is 0 Å². The van der Waals surface area contributed by atoms with Gasteiger partial charge in [0.15, 0.2) is 0 Å². The number of carbonyl (C=O) groups is 1. The minimum Gasteiger partial charge on any atom is -0.322 e. The second kappa shape index (κ2) is 2.92. The molecule has 1 heterocycles. The largest absolute Gasteiger partial charge is 0.322 e. The Bertz CT molecular complexity index is 198. The van der Waals surface area contributed by atoms with Crippen molar-refractivity contribution in [2.24, 2.45) is 15.7 Å². The van der Waals surface area contributed by atoms with Crippen LogP contribution in [-0.2, 0) is 4.79 Å². The smallest absolute Gasteiger partial charge is 0.136 e. The fraction of sp³-hybridized carbons (Fsp3) is 0.571. The maximum absolute atomic E-state index is 10.2. The SMILES string of the molecule is CC1(CC(N)C=O)C=NC=N1. The molecule has 0 bridgehead atoms. The van der Waals surface area contributed by atoms with Crippen LogP contribution in [-0.4, -0.2) is 30.4 Å². The standard InChI is InChI=1S/C7H11N3O/c1-7(2-6(8)3-11)4-9-5-10-7/h3-6H,2,8H2,1H3. The third kappa shape index (κ3) is 1.94. The Labute approximate surface area is 65.2 Å². The second-order valence-corrected chi connectivity index (χ2v) is 2.88. The van der Waals surface area contributed by atoms with Gasteiger partial charge < -0.3 is 10.5 Å². The Morgan fingerprint density at radius 1 is 1.82 bits per heavy atom. The van der Waals surface area contributed by atoms with Crippen LogP contribution in [0.4, 0.5) is 0 Å². The molecule has 0 aromatic rings. The summed E-state index contributed by atoms with van der Waals surface area (Å²) in [6, 6.07) is -0.443. The van der Waals surface area contributed by atoms with Crippen molar-refractivity contribution in [3.8, 4) is 0 Å². The first-order valence-corrected chi connectivity index (χ1v) is 3.45. The lowest BCUT2D eigenvalue weighted by molar-refractivity contribution is -0.109. The van der Waals surface area contributed by atoms with E-state index in [1.807, 2.05) is 6.92 Å². The fourth-order valence-corrected chi connectivity index (χ4v) is 1.02. The number of hydrogen-bond acceptors (Lipinski definition) is 4. The maximum Gasteiger partial charge on any atom is 0.136 e. The third-order valence-corrected chi connectivity index (χ3v) is 1.60. The lowest BCUT2D eigenvalue weighted by atomic mass is 9.97. The van der Waals surface area contributed by atoms with Crippen LogP contribution in [0.2, 0.25) is 0 Å². The van der Waals surface area contributed by atoms with Crippen LogP contribution in [0.3, 0.4) is 0 Å². The highest BCUT2D eigenvalue weighted by Gasteiger charge is 2.25. The molecule has 2 unspecified atom stereocenters. The van der Waals surface area contributed by atoms with Crippen molar-refractivity contribution in [3.63, 3.8) is 0 Å². The molecule has 0 aromatic heterocycles. The van der Waals surface area contributed by atoms with Gasteiger partial charge in [-0.1, -0.05) is 0 Å². The molecule has 1 rings (SSSR count). The van der Waals surface area contributed by atoms with Crippen molar-refractivity contribution >= 4 is 18.8 Å². The van der Waals surface area contributed by atoms with Gasteiger partial charge in [-0.15, -0.1) is 0 Å². The predicted octanol–water partition coefficient (Wildman–Crippen LogP) is -0.226. The minimum absolute atomic E-state index is 0.361. The molecule has 1 aliphatic heterocycles. The van der Waals surface area contributed by atoms with E-state index in [1.54, 1.807) is 6.21 Å². The van der Waals surface area contributed by atoms with E-state index in [0.717, 1.165) is 6.29 Å². The highest BCUT2D eigenvalue weighted by Crippen LogP contribution is 2.16. The van der Waals surface area contributed by atoms with Crippen molar-refractivity contribution in [1.29, 1.82) is 0 Å². The van der Waals surface area contributed by atoms with Crippen LogP contribution in [0.5, 0.6) is 0 Å². The number of nitrogens with zero attached hydrogens (tertiary/aromatic N) is 2. The summed E-state index contributed by atoms with van der Waals surface area (Å²) in [5.41, 5.74) is 5.07. The molecule has 4 nitrogen and oxygen atoms in total. The van der Waals surface area contributed by atoms with Gasteiger partial charge in [0.1, 0.15) is 12.6 Å². The Balaban J connectivity index is 2.54. The number of nitrogens with two attached hydrogens (primary N) is 1. The summed E-state index contributed by atoms with van der Waals surface area (Å²) in [6.45, 7) is 1.89. The lowest BCUT2D eigenvalue weighted by Crippen LogP contribution is -2.34. The molecular formula is C7H11N3O. The average Bonchev–Trinajstić information content (AvgIpc) is 2.36. The van der Waals surface area contributed by atoms with Crippen molar-refractivity contribution in [1.82, 2.24) is 0 Å². The summed E-state index contributed by atoms with van der Waals surface area (Å²) in [6.07, 6.45) is 4.44. The Morgan fingerprint density at radius 2 is 2.55 bits per heavy atom. The van der Waals surface area contributed by atoms with E-state index in [1.165, 1.54) is 6.34 Å². The maximum atomic E-state index is 10.2. The van der Waals surface area contributed by atoms with Crippen molar-refractivity contribution in [2.45, 2.75) is 24.9 Å². The third-order valence-electron chi connectivity index (χ3n) is 1.60. The van der Waals surface area contributed by atoms with E-state index in [4.69, 9.17) is 5.73 Å². The molecule has 0 saturated heterocycles. The molecule has 0 amide bonds. The highest BCUT2D eigenvalue weighted by atomic mass is 16.1. The molecule has 1 aliphatic rings. The normalized spacial score (nSPS) is 30.7. The first-order valence-electron chi connectivity index (χ1n) is 3.45.